The van der Waals surface area contributed by atoms with E-state index in [0.717, 1.165) is 0 Å². The number of amides is 2. The third-order valence-corrected chi connectivity index (χ3v) is 3.51. The molecular weight excluding hydrogens is 332 g/mol. The number of carboxylic acids is 1. The fourth-order valence-corrected chi connectivity index (χ4v) is 2.10. The van der Waals surface area contributed by atoms with Gasteiger partial charge in [0.15, 0.2) is 0 Å². The Bertz CT molecular complexity index is 638. The van der Waals surface area contributed by atoms with Gasteiger partial charge in [0.25, 0.3) is 5.91 Å². The molecule has 0 saturated heterocycles. The van der Waals surface area contributed by atoms with Gasteiger partial charge in [-0.2, -0.15) is 0 Å². The van der Waals surface area contributed by atoms with Crippen LogP contribution in [-0.2, 0) is 9.59 Å². The van der Waals surface area contributed by atoms with E-state index >= 15 is 0 Å². The molecule has 1 rings (SSSR count). The summed E-state index contributed by atoms with van der Waals surface area (Å²) in [4.78, 5) is 34.9. The van der Waals surface area contributed by atoms with Crippen LogP contribution < -0.4 is 10.6 Å². The van der Waals surface area contributed by atoms with Gasteiger partial charge in [0.1, 0.15) is 0 Å². The Morgan fingerprint density at radius 1 is 1.25 bits per heavy atom. The molecule has 0 fully saturated rings. The maximum Gasteiger partial charge on any atom is 0.308 e. The number of carbonyl (C=O) groups excluding carboxylic acids is 2. The van der Waals surface area contributed by atoms with E-state index in [0.29, 0.717) is 12.1 Å². The van der Waals surface area contributed by atoms with Crippen LogP contribution in [0.25, 0.3) is 0 Å². The maximum atomic E-state index is 12.2. The van der Waals surface area contributed by atoms with Crippen molar-refractivity contribution in [2.24, 2.45) is 11.3 Å². The zero-order valence-corrected chi connectivity index (χ0v) is 15.0. The van der Waals surface area contributed by atoms with Crippen molar-refractivity contribution in [1.29, 1.82) is 0 Å². The summed E-state index contributed by atoms with van der Waals surface area (Å²) < 4.78 is 0. The van der Waals surface area contributed by atoms with Gasteiger partial charge in [0, 0.05) is 18.7 Å². The highest BCUT2D eigenvalue weighted by molar-refractivity contribution is 6.34. The number of carboxylic acid groups (broad SMARTS) is 1. The van der Waals surface area contributed by atoms with Crippen LogP contribution in [0.5, 0.6) is 0 Å². The van der Waals surface area contributed by atoms with Gasteiger partial charge < -0.3 is 15.7 Å². The molecule has 3 N–H and O–H groups in total. The van der Waals surface area contributed by atoms with E-state index < -0.39 is 17.8 Å². The Labute approximate surface area is 146 Å². The van der Waals surface area contributed by atoms with E-state index in [1.807, 2.05) is 20.8 Å². The molecule has 0 aliphatic rings. The largest absolute Gasteiger partial charge is 0.481 e. The molecule has 7 heteroatoms. The summed E-state index contributed by atoms with van der Waals surface area (Å²) in [6.07, 6.45) is 0.341. The zero-order valence-electron chi connectivity index (χ0n) is 14.3. The highest BCUT2D eigenvalue weighted by Gasteiger charge is 2.18. The van der Waals surface area contributed by atoms with Crippen molar-refractivity contribution in [2.45, 2.75) is 34.1 Å². The lowest BCUT2D eigenvalue weighted by Crippen LogP contribution is -2.31. The predicted molar refractivity (Wildman–Crippen MR) is 93.3 cm³/mol. The molecule has 1 atom stereocenters. The lowest BCUT2D eigenvalue weighted by atomic mass is 9.92. The van der Waals surface area contributed by atoms with Gasteiger partial charge in [-0.1, -0.05) is 39.3 Å². The summed E-state index contributed by atoms with van der Waals surface area (Å²) in [5.41, 5.74) is 0.497. The molecule has 0 saturated carbocycles. The van der Waals surface area contributed by atoms with Crippen LogP contribution in [0.1, 0.15) is 44.5 Å². The number of hydrogen-bond acceptors (Lipinski definition) is 3. The highest BCUT2D eigenvalue weighted by atomic mass is 35.5. The van der Waals surface area contributed by atoms with E-state index in [4.69, 9.17) is 16.7 Å². The van der Waals surface area contributed by atoms with Gasteiger partial charge in [-0.25, -0.2) is 0 Å². The molecule has 1 unspecified atom stereocenters. The van der Waals surface area contributed by atoms with E-state index in [1.165, 1.54) is 19.1 Å². The molecule has 1 aromatic rings. The second-order valence-corrected chi connectivity index (χ2v) is 7.34. The van der Waals surface area contributed by atoms with E-state index in [2.05, 4.69) is 10.6 Å². The summed E-state index contributed by atoms with van der Waals surface area (Å²) in [6, 6.07) is 4.60. The molecule has 0 aromatic heterocycles. The molecule has 0 bridgehead atoms. The number of halogens is 1. The molecule has 0 radical (unpaired) electrons. The average molecular weight is 355 g/mol. The summed E-state index contributed by atoms with van der Waals surface area (Å²) >= 11 is 6.02. The highest BCUT2D eigenvalue weighted by Crippen LogP contribution is 2.23. The lowest BCUT2D eigenvalue weighted by molar-refractivity contribution is -0.140. The van der Waals surface area contributed by atoms with Crippen LogP contribution >= 0.6 is 11.6 Å². The van der Waals surface area contributed by atoms with Crippen molar-refractivity contribution in [3.8, 4) is 0 Å². The molecule has 24 heavy (non-hydrogen) atoms. The van der Waals surface area contributed by atoms with E-state index in [-0.39, 0.29) is 28.5 Å². The number of carbonyl (C=O) groups is 3. The quantitative estimate of drug-likeness (QED) is 0.731. The number of benzene rings is 1. The van der Waals surface area contributed by atoms with Crippen LogP contribution in [-0.4, -0.2) is 29.4 Å². The van der Waals surface area contributed by atoms with Crippen molar-refractivity contribution in [3.05, 3.63) is 28.8 Å². The first kappa shape index (κ1) is 20.0. The monoisotopic (exact) mass is 354 g/mol. The molecule has 0 aliphatic carbocycles. The maximum absolute atomic E-state index is 12.2. The third kappa shape index (κ3) is 6.58. The van der Waals surface area contributed by atoms with Crippen LogP contribution in [0.15, 0.2) is 18.2 Å². The fraction of sp³-hybridized carbons (Fsp3) is 0.471. The fourth-order valence-electron chi connectivity index (χ4n) is 1.89. The van der Waals surface area contributed by atoms with Gasteiger partial charge in [0.2, 0.25) is 5.91 Å². The molecular formula is C17H23ClN2O4. The van der Waals surface area contributed by atoms with Crippen molar-refractivity contribution in [1.82, 2.24) is 5.32 Å². The van der Waals surface area contributed by atoms with E-state index in [9.17, 15) is 14.4 Å². The molecule has 6 nitrogen and oxygen atoms in total. The number of aliphatic carboxylic acids is 1. The van der Waals surface area contributed by atoms with Crippen molar-refractivity contribution in [3.63, 3.8) is 0 Å². The molecule has 132 valence electrons. The molecule has 1 aromatic carbocycles. The third-order valence-electron chi connectivity index (χ3n) is 3.18. The predicted octanol–water partition coefficient (Wildman–Crippen LogP) is 3.17. The van der Waals surface area contributed by atoms with Crippen molar-refractivity contribution < 1.29 is 19.5 Å². The van der Waals surface area contributed by atoms with Crippen LogP contribution in [0.4, 0.5) is 5.69 Å². The van der Waals surface area contributed by atoms with Gasteiger partial charge >= 0.3 is 5.97 Å². The number of hydrogen-bond donors (Lipinski definition) is 3. The first-order chi connectivity index (χ1) is 11.0. The minimum absolute atomic E-state index is 0.00882. The van der Waals surface area contributed by atoms with E-state index in [1.54, 1.807) is 6.07 Å². The van der Waals surface area contributed by atoms with Crippen LogP contribution in [0.2, 0.25) is 5.02 Å². The van der Waals surface area contributed by atoms with Gasteiger partial charge in [-0.05, 0) is 23.6 Å². The smallest absolute Gasteiger partial charge is 0.308 e. The minimum Gasteiger partial charge on any atom is -0.481 e. The van der Waals surface area contributed by atoms with Crippen LogP contribution in [0.3, 0.4) is 0 Å². The summed E-state index contributed by atoms with van der Waals surface area (Å²) in [6.45, 7) is 7.35. The summed E-state index contributed by atoms with van der Waals surface area (Å²) in [5.74, 6) is -2.34. The second kappa shape index (κ2) is 8.15. The minimum atomic E-state index is -0.996. The van der Waals surface area contributed by atoms with Crippen molar-refractivity contribution in [2.75, 3.05) is 11.9 Å². The Morgan fingerprint density at radius 3 is 2.42 bits per heavy atom. The zero-order chi connectivity index (χ0) is 18.5. The second-order valence-electron chi connectivity index (χ2n) is 6.93. The van der Waals surface area contributed by atoms with Gasteiger partial charge in [-0.3, -0.25) is 14.4 Å². The summed E-state index contributed by atoms with van der Waals surface area (Å²) in [5, 5.41) is 14.3. The molecule has 0 heterocycles. The molecule has 0 aliphatic heterocycles. The average Bonchev–Trinajstić information content (AvgIpc) is 2.44. The Hall–Kier alpha value is -2.08. The van der Waals surface area contributed by atoms with Crippen LogP contribution in [0, 0.1) is 11.3 Å². The lowest BCUT2D eigenvalue weighted by Gasteiger charge is -2.17. The standard InChI is InChI=1S/C17H23ClN2O4/c1-10(16(23)24)9-19-15(22)12-7-11(5-6-13(12)18)20-14(21)8-17(2,3)4/h5-7,10H,8-9H2,1-4H3,(H,19,22)(H,20,21)(H,23,24). The first-order valence-electron chi connectivity index (χ1n) is 7.60. The number of anilines is 1. The Balaban J connectivity index is 2.80. The Morgan fingerprint density at radius 2 is 1.88 bits per heavy atom. The topological polar surface area (TPSA) is 95.5 Å². The Kier molecular flexibility index (Phi) is 6.78. The normalized spacial score (nSPS) is 12.4. The first-order valence-corrected chi connectivity index (χ1v) is 7.98. The van der Waals surface area contributed by atoms with Gasteiger partial charge in [0.05, 0.1) is 16.5 Å². The number of nitrogens with one attached hydrogen (secondary N) is 2. The molecule has 2 amide bonds. The van der Waals surface area contributed by atoms with Crippen molar-refractivity contribution >= 4 is 35.1 Å². The van der Waals surface area contributed by atoms with Gasteiger partial charge in [-0.15, -0.1) is 0 Å². The molecule has 0 spiro atoms. The summed E-state index contributed by atoms with van der Waals surface area (Å²) in [7, 11) is 0. The SMILES string of the molecule is CC(CNC(=O)c1cc(NC(=O)CC(C)(C)C)ccc1Cl)C(=O)O. The number of rotatable bonds is 6.